The van der Waals surface area contributed by atoms with Crippen LogP contribution in [0.15, 0.2) is 11.8 Å². The Kier molecular flexibility index (Phi) is 3.18. The first-order chi connectivity index (χ1) is 3.66. The minimum absolute atomic E-state index is 0.444. The van der Waals surface area contributed by atoms with E-state index in [1.165, 1.54) is 0 Å². The van der Waals surface area contributed by atoms with Crippen molar-refractivity contribution in [1.82, 2.24) is 0 Å². The van der Waals surface area contributed by atoms with Gasteiger partial charge in [-0.05, 0) is 0 Å². The van der Waals surface area contributed by atoms with Crippen molar-refractivity contribution < 1.29 is 20.4 Å². The third-order valence-corrected chi connectivity index (χ3v) is 0.503. The van der Waals surface area contributed by atoms with Gasteiger partial charge in [0, 0.05) is 6.08 Å². The van der Waals surface area contributed by atoms with Gasteiger partial charge < -0.3 is 20.4 Å². The maximum atomic E-state index is 8.32. The first-order valence-electron chi connectivity index (χ1n) is 2.03. The van der Waals surface area contributed by atoms with Crippen molar-refractivity contribution in [3.63, 3.8) is 0 Å². The fraction of sp³-hybridized carbons (Fsp3) is 0.500. The molecule has 0 aromatic carbocycles. The van der Waals surface area contributed by atoms with Crippen molar-refractivity contribution in [3.05, 3.63) is 11.8 Å². The van der Waals surface area contributed by atoms with Crippen LogP contribution < -0.4 is 0 Å². The van der Waals surface area contributed by atoms with E-state index < -0.39 is 18.7 Å². The summed E-state index contributed by atoms with van der Waals surface area (Å²) in [5.41, 5.74) is 0. The van der Waals surface area contributed by atoms with E-state index in [1.807, 2.05) is 0 Å². The Morgan fingerprint density at radius 3 is 2.12 bits per heavy atom. The van der Waals surface area contributed by atoms with Crippen LogP contribution >= 0.6 is 0 Å². The number of rotatable bonds is 2. The van der Waals surface area contributed by atoms with E-state index in [-0.39, 0.29) is 0 Å². The maximum absolute atomic E-state index is 8.32. The molecule has 4 N–H and O–H groups in total. The third kappa shape index (κ3) is 3.60. The molecule has 0 rings (SSSR count). The van der Waals surface area contributed by atoms with Crippen LogP contribution in [0, 0.1) is 0 Å². The van der Waals surface area contributed by atoms with Crippen LogP contribution in [0.1, 0.15) is 0 Å². The molecule has 0 saturated carbocycles. The van der Waals surface area contributed by atoms with Crippen LogP contribution in [0.4, 0.5) is 0 Å². The standard InChI is InChI=1S/C4H8O4/c5-2-3(6)1-4(7)8/h1,4-8H,2H2. The zero-order valence-electron chi connectivity index (χ0n) is 4.15. The molecule has 0 saturated heterocycles. The fourth-order valence-corrected chi connectivity index (χ4v) is 0.225. The number of hydrogen-bond acceptors (Lipinski definition) is 4. The van der Waals surface area contributed by atoms with Gasteiger partial charge in [0.05, 0.1) is 0 Å². The van der Waals surface area contributed by atoms with Crippen molar-refractivity contribution in [2.75, 3.05) is 6.61 Å². The molecule has 0 unspecified atom stereocenters. The minimum Gasteiger partial charge on any atom is -0.510 e. The van der Waals surface area contributed by atoms with Crippen molar-refractivity contribution in [2.24, 2.45) is 0 Å². The van der Waals surface area contributed by atoms with Gasteiger partial charge in [-0.15, -0.1) is 0 Å². The Labute approximate surface area is 46.3 Å². The van der Waals surface area contributed by atoms with Gasteiger partial charge in [-0.1, -0.05) is 0 Å². The lowest BCUT2D eigenvalue weighted by atomic mass is 10.4. The summed E-state index contributed by atoms with van der Waals surface area (Å²) in [4.78, 5) is 0. The van der Waals surface area contributed by atoms with E-state index >= 15 is 0 Å². The molecule has 0 radical (unpaired) electrons. The molecular weight excluding hydrogens is 112 g/mol. The third-order valence-electron chi connectivity index (χ3n) is 0.503. The molecule has 48 valence electrons. The predicted octanol–water partition coefficient (Wildman–Crippen LogP) is -1.27. The van der Waals surface area contributed by atoms with Crippen molar-refractivity contribution in [2.45, 2.75) is 6.29 Å². The SMILES string of the molecule is OCC(O)=CC(O)O. The molecule has 4 nitrogen and oxygen atoms in total. The summed E-state index contributed by atoms with van der Waals surface area (Å²) in [6.07, 6.45) is -0.970. The lowest BCUT2D eigenvalue weighted by Gasteiger charge is -1.94. The van der Waals surface area contributed by atoms with Gasteiger partial charge >= 0.3 is 0 Å². The largest absolute Gasteiger partial charge is 0.510 e. The summed E-state index contributed by atoms with van der Waals surface area (Å²) in [6, 6.07) is 0. The molecule has 0 aliphatic rings. The van der Waals surface area contributed by atoms with Crippen LogP contribution in [-0.2, 0) is 0 Å². The Morgan fingerprint density at radius 1 is 1.50 bits per heavy atom. The van der Waals surface area contributed by atoms with Gasteiger partial charge in [-0.25, -0.2) is 0 Å². The maximum Gasteiger partial charge on any atom is 0.174 e. The molecule has 0 aromatic heterocycles. The smallest absolute Gasteiger partial charge is 0.174 e. The van der Waals surface area contributed by atoms with Crippen LogP contribution in [0.5, 0.6) is 0 Å². The van der Waals surface area contributed by atoms with E-state index in [1.54, 1.807) is 0 Å². The second-order valence-electron chi connectivity index (χ2n) is 1.23. The van der Waals surface area contributed by atoms with E-state index in [2.05, 4.69) is 0 Å². The molecule has 0 bridgehead atoms. The zero-order valence-corrected chi connectivity index (χ0v) is 4.15. The van der Waals surface area contributed by atoms with Crippen LogP contribution in [-0.4, -0.2) is 33.3 Å². The zero-order chi connectivity index (χ0) is 6.57. The summed E-state index contributed by atoms with van der Waals surface area (Å²) >= 11 is 0. The van der Waals surface area contributed by atoms with E-state index in [0.29, 0.717) is 0 Å². The molecule has 0 aliphatic heterocycles. The normalized spacial score (nSPS) is 12.8. The van der Waals surface area contributed by atoms with Gasteiger partial charge in [-0.2, -0.15) is 0 Å². The first kappa shape index (κ1) is 7.42. The molecular formula is C4H8O4. The predicted molar refractivity (Wildman–Crippen MR) is 26.0 cm³/mol. The second-order valence-corrected chi connectivity index (χ2v) is 1.23. The Bertz CT molecular complexity index is 86.0. The molecule has 0 aromatic rings. The highest BCUT2D eigenvalue weighted by Gasteiger charge is 1.92. The van der Waals surface area contributed by atoms with E-state index in [0.717, 1.165) is 6.08 Å². The summed E-state index contributed by atoms with van der Waals surface area (Å²) in [6.45, 7) is -0.572. The van der Waals surface area contributed by atoms with Gasteiger partial charge in [0.25, 0.3) is 0 Å². The highest BCUT2D eigenvalue weighted by Crippen LogP contribution is 1.86. The van der Waals surface area contributed by atoms with Crippen LogP contribution in [0.25, 0.3) is 0 Å². The summed E-state index contributed by atoms with van der Waals surface area (Å²) in [7, 11) is 0. The molecule has 4 heteroatoms. The average molecular weight is 120 g/mol. The lowest BCUT2D eigenvalue weighted by Crippen LogP contribution is -2.02. The first-order valence-corrected chi connectivity index (χ1v) is 2.03. The lowest BCUT2D eigenvalue weighted by molar-refractivity contribution is -0.000911. The Balaban J connectivity index is 3.56. The van der Waals surface area contributed by atoms with Gasteiger partial charge in [0.2, 0.25) is 0 Å². The molecule has 0 aliphatic carbocycles. The highest BCUT2D eigenvalue weighted by molar-refractivity contribution is 4.91. The quantitative estimate of drug-likeness (QED) is 0.270. The van der Waals surface area contributed by atoms with Crippen LogP contribution in [0.2, 0.25) is 0 Å². The van der Waals surface area contributed by atoms with Crippen molar-refractivity contribution in [1.29, 1.82) is 0 Å². The van der Waals surface area contributed by atoms with Gasteiger partial charge in [0.15, 0.2) is 6.29 Å². The topological polar surface area (TPSA) is 80.9 Å². The molecule has 0 spiro atoms. The molecule has 0 amide bonds. The number of hydrogen-bond donors (Lipinski definition) is 4. The minimum atomic E-state index is -1.69. The molecule has 8 heavy (non-hydrogen) atoms. The monoisotopic (exact) mass is 120 g/mol. The van der Waals surface area contributed by atoms with Crippen LogP contribution in [0.3, 0.4) is 0 Å². The summed E-state index contributed by atoms with van der Waals surface area (Å²) in [5.74, 6) is -0.444. The van der Waals surface area contributed by atoms with Gasteiger partial charge in [0.1, 0.15) is 12.4 Å². The number of aliphatic hydroxyl groups is 4. The van der Waals surface area contributed by atoms with Gasteiger partial charge in [-0.3, -0.25) is 0 Å². The molecule has 0 fully saturated rings. The highest BCUT2D eigenvalue weighted by atomic mass is 16.5. The van der Waals surface area contributed by atoms with Crippen molar-refractivity contribution >= 4 is 0 Å². The Morgan fingerprint density at radius 2 is 2.00 bits per heavy atom. The molecule has 0 heterocycles. The Hall–Kier alpha value is -0.580. The molecule has 0 atom stereocenters. The summed E-state index contributed by atoms with van der Waals surface area (Å²) in [5, 5.41) is 32.5. The van der Waals surface area contributed by atoms with E-state index in [9.17, 15) is 0 Å². The van der Waals surface area contributed by atoms with Crippen molar-refractivity contribution in [3.8, 4) is 0 Å². The van der Waals surface area contributed by atoms with E-state index in [4.69, 9.17) is 20.4 Å². The number of aliphatic hydroxyl groups excluding tert-OH is 3. The summed E-state index contributed by atoms with van der Waals surface area (Å²) < 4.78 is 0. The second kappa shape index (κ2) is 3.43. The fourth-order valence-electron chi connectivity index (χ4n) is 0.225. The average Bonchev–Trinajstić information content (AvgIpc) is 1.65.